The largest absolute Gasteiger partial charge is 0.299 e. The molecule has 0 aliphatic rings. The van der Waals surface area contributed by atoms with E-state index < -0.39 is 0 Å². The lowest BCUT2D eigenvalue weighted by Crippen LogP contribution is -1.74. The molecule has 0 aromatic rings. The second-order valence-corrected chi connectivity index (χ2v) is 2.15. The zero-order valence-corrected chi connectivity index (χ0v) is 5.87. The standard InChI is InChI=1S/C8H12O/c1-8(2)6-4-3-5-7-9/h3-8H,1-2H3/b5-3+,6-4+. The molecule has 0 bridgehead atoms. The lowest BCUT2D eigenvalue weighted by Gasteiger charge is -1.87. The summed E-state index contributed by atoms with van der Waals surface area (Å²) >= 11 is 0. The molecule has 0 atom stereocenters. The molecule has 0 aliphatic carbocycles. The summed E-state index contributed by atoms with van der Waals surface area (Å²) < 4.78 is 0. The van der Waals surface area contributed by atoms with Crippen LogP contribution in [0.15, 0.2) is 24.3 Å². The van der Waals surface area contributed by atoms with E-state index >= 15 is 0 Å². The van der Waals surface area contributed by atoms with E-state index in [-0.39, 0.29) is 0 Å². The molecule has 0 radical (unpaired) electrons. The molecule has 0 heterocycles. The van der Waals surface area contributed by atoms with Crippen molar-refractivity contribution in [3.63, 3.8) is 0 Å². The van der Waals surface area contributed by atoms with Crippen molar-refractivity contribution in [1.82, 2.24) is 0 Å². The van der Waals surface area contributed by atoms with E-state index in [1.165, 1.54) is 6.08 Å². The molecule has 0 N–H and O–H groups in total. The third-order valence-electron chi connectivity index (χ3n) is 0.797. The average molecular weight is 124 g/mol. The summed E-state index contributed by atoms with van der Waals surface area (Å²) in [6.45, 7) is 4.18. The van der Waals surface area contributed by atoms with Gasteiger partial charge < -0.3 is 0 Å². The number of carbonyl (C=O) groups is 1. The highest BCUT2D eigenvalue weighted by Gasteiger charge is 1.78. The second-order valence-electron chi connectivity index (χ2n) is 2.15. The smallest absolute Gasteiger partial charge is 0.142 e. The number of aldehydes is 1. The lowest BCUT2D eigenvalue weighted by molar-refractivity contribution is -0.104. The zero-order valence-electron chi connectivity index (χ0n) is 5.87. The summed E-state index contributed by atoms with van der Waals surface area (Å²) in [5, 5.41) is 0. The summed E-state index contributed by atoms with van der Waals surface area (Å²) in [5.74, 6) is 0.557. The van der Waals surface area contributed by atoms with Gasteiger partial charge >= 0.3 is 0 Å². The van der Waals surface area contributed by atoms with E-state index in [2.05, 4.69) is 13.8 Å². The van der Waals surface area contributed by atoms with E-state index in [9.17, 15) is 4.79 Å². The predicted molar refractivity (Wildman–Crippen MR) is 39.2 cm³/mol. The Morgan fingerprint density at radius 2 is 1.78 bits per heavy atom. The van der Waals surface area contributed by atoms with E-state index in [0.717, 1.165) is 6.29 Å². The van der Waals surface area contributed by atoms with Crippen molar-refractivity contribution in [3.8, 4) is 0 Å². The molecule has 1 nitrogen and oxygen atoms in total. The van der Waals surface area contributed by atoms with Gasteiger partial charge in [-0.15, -0.1) is 0 Å². The Hall–Kier alpha value is -0.850. The Labute approximate surface area is 56.1 Å². The maximum absolute atomic E-state index is 9.73. The quantitative estimate of drug-likeness (QED) is 0.319. The molecule has 50 valence electrons. The fraction of sp³-hybridized carbons (Fsp3) is 0.375. The molecule has 9 heavy (non-hydrogen) atoms. The normalized spacial score (nSPS) is 11.9. The van der Waals surface area contributed by atoms with Crippen LogP contribution in [0.4, 0.5) is 0 Å². The Kier molecular flexibility index (Phi) is 4.79. The van der Waals surface area contributed by atoms with Crippen LogP contribution >= 0.6 is 0 Å². The Bertz CT molecular complexity index is 121. The van der Waals surface area contributed by atoms with Crippen LogP contribution in [0, 0.1) is 5.92 Å². The summed E-state index contributed by atoms with van der Waals surface area (Å²) in [5.41, 5.74) is 0. The highest BCUT2D eigenvalue weighted by Crippen LogP contribution is 1.92. The van der Waals surface area contributed by atoms with Crippen molar-refractivity contribution in [2.45, 2.75) is 13.8 Å². The van der Waals surface area contributed by atoms with Gasteiger partial charge in [-0.2, -0.15) is 0 Å². The molecule has 0 aromatic heterocycles. The molecular formula is C8H12O. The third-order valence-corrected chi connectivity index (χ3v) is 0.797. The highest BCUT2D eigenvalue weighted by atomic mass is 16.1. The minimum Gasteiger partial charge on any atom is -0.299 e. The molecular weight excluding hydrogens is 112 g/mol. The third kappa shape index (κ3) is 7.15. The van der Waals surface area contributed by atoms with Gasteiger partial charge in [0, 0.05) is 0 Å². The number of hydrogen-bond donors (Lipinski definition) is 0. The van der Waals surface area contributed by atoms with Gasteiger partial charge in [0.05, 0.1) is 0 Å². The van der Waals surface area contributed by atoms with Crippen molar-refractivity contribution < 1.29 is 4.79 Å². The SMILES string of the molecule is CC(C)/C=C/C=C/C=O. The Balaban J connectivity index is 3.46. The molecule has 1 heteroatoms. The van der Waals surface area contributed by atoms with Crippen LogP contribution in [0.3, 0.4) is 0 Å². The molecule has 0 spiro atoms. The monoisotopic (exact) mass is 124 g/mol. The second kappa shape index (κ2) is 5.29. The lowest BCUT2D eigenvalue weighted by atomic mass is 10.2. The van der Waals surface area contributed by atoms with Gasteiger partial charge in [-0.05, 0) is 12.0 Å². The van der Waals surface area contributed by atoms with Gasteiger partial charge in [-0.25, -0.2) is 0 Å². The molecule has 0 aromatic carbocycles. The van der Waals surface area contributed by atoms with Crippen molar-refractivity contribution in [2.75, 3.05) is 0 Å². The number of allylic oxidation sites excluding steroid dienone is 4. The molecule has 0 rings (SSSR count). The van der Waals surface area contributed by atoms with Crippen LogP contribution in [0.5, 0.6) is 0 Å². The Morgan fingerprint density at radius 1 is 1.11 bits per heavy atom. The van der Waals surface area contributed by atoms with Crippen LogP contribution in [0.25, 0.3) is 0 Å². The van der Waals surface area contributed by atoms with Crippen LogP contribution in [0.2, 0.25) is 0 Å². The maximum atomic E-state index is 9.73. The van der Waals surface area contributed by atoms with Crippen molar-refractivity contribution in [1.29, 1.82) is 0 Å². The highest BCUT2D eigenvalue weighted by molar-refractivity contribution is 5.65. The van der Waals surface area contributed by atoms with Gasteiger partial charge in [0.25, 0.3) is 0 Å². The molecule has 0 amide bonds. The van der Waals surface area contributed by atoms with Crippen molar-refractivity contribution in [3.05, 3.63) is 24.3 Å². The fourth-order valence-corrected chi connectivity index (χ4v) is 0.396. The van der Waals surface area contributed by atoms with Gasteiger partial charge in [0.2, 0.25) is 0 Å². The summed E-state index contributed by atoms with van der Waals surface area (Å²) in [7, 11) is 0. The van der Waals surface area contributed by atoms with Crippen LogP contribution < -0.4 is 0 Å². The first-order valence-corrected chi connectivity index (χ1v) is 3.06. The molecule has 0 fully saturated rings. The first-order chi connectivity index (χ1) is 4.27. The molecule has 0 unspecified atom stereocenters. The minimum absolute atomic E-state index is 0.557. The summed E-state index contributed by atoms with van der Waals surface area (Å²) in [6.07, 6.45) is 7.87. The summed E-state index contributed by atoms with van der Waals surface area (Å²) in [6, 6.07) is 0. The van der Waals surface area contributed by atoms with Crippen molar-refractivity contribution in [2.24, 2.45) is 5.92 Å². The van der Waals surface area contributed by atoms with Crippen LogP contribution in [-0.4, -0.2) is 6.29 Å². The van der Waals surface area contributed by atoms with Gasteiger partial charge in [0.1, 0.15) is 6.29 Å². The fourth-order valence-electron chi connectivity index (χ4n) is 0.396. The molecule has 0 aliphatic heterocycles. The molecule has 0 saturated heterocycles. The summed E-state index contributed by atoms with van der Waals surface area (Å²) in [4.78, 5) is 9.73. The first kappa shape index (κ1) is 8.15. The number of carbonyl (C=O) groups excluding carboxylic acids is 1. The van der Waals surface area contributed by atoms with Crippen LogP contribution in [0.1, 0.15) is 13.8 Å². The number of rotatable bonds is 3. The molecule has 0 saturated carbocycles. The van der Waals surface area contributed by atoms with Crippen molar-refractivity contribution >= 4 is 6.29 Å². The zero-order chi connectivity index (χ0) is 7.11. The minimum atomic E-state index is 0.557. The first-order valence-electron chi connectivity index (χ1n) is 3.06. The maximum Gasteiger partial charge on any atom is 0.142 e. The van der Waals surface area contributed by atoms with E-state index in [0.29, 0.717) is 5.92 Å². The van der Waals surface area contributed by atoms with E-state index in [4.69, 9.17) is 0 Å². The van der Waals surface area contributed by atoms with E-state index in [1.807, 2.05) is 12.2 Å². The average Bonchev–Trinajstić information content (AvgIpc) is 1.80. The number of hydrogen-bond acceptors (Lipinski definition) is 1. The Morgan fingerprint density at radius 3 is 2.22 bits per heavy atom. The van der Waals surface area contributed by atoms with Gasteiger partial charge in [-0.1, -0.05) is 32.1 Å². The van der Waals surface area contributed by atoms with Gasteiger partial charge in [-0.3, -0.25) is 4.79 Å². The van der Waals surface area contributed by atoms with E-state index in [1.54, 1.807) is 6.08 Å². The van der Waals surface area contributed by atoms with Gasteiger partial charge in [0.15, 0.2) is 0 Å². The van der Waals surface area contributed by atoms with Crippen LogP contribution in [-0.2, 0) is 4.79 Å². The predicted octanol–water partition coefficient (Wildman–Crippen LogP) is 1.95. The topological polar surface area (TPSA) is 17.1 Å².